The van der Waals surface area contributed by atoms with Crippen molar-refractivity contribution in [2.75, 3.05) is 6.61 Å². The van der Waals surface area contributed by atoms with Crippen molar-refractivity contribution in [3.8, 4) is 5.75 Å². The average molecular weight is 297 g/mol. The highest BCUT2D eigenvalue weighted by molar-refractivity contribution is 6.33. The van der Waals surface area contributed by atoms with Crippen molar-refractivity contribution in [1.82, 2.24) is 9.97 Å². The summed E-state index contributed by atoms with van der Waals surface area (Å²) in [5, 5.41) is 0.698. The molecule has 1 aromatic heterocycles. The summed E-state index contributed by atoms with van der Waals surface area (Å²) >= 11 is 11.6. The van der Waals surface area contributed by atoms with Crippen molar-refractivity contribution in [1.29, 1.82) is 0 Å². The molecule has 3 nitrogen and oxygen atoms in total. The Bertz CT molecular complexity index is 567. The van der Waals surface area contributed by atoms with Crippen molar-refractivity contribution in [3.05, 3.63) is 51.5 Å². The van der Waals surface area contributed by atoms with Gasteiger partial charge in [0, 0.05) is 12.5 Å². The number of rotatable bonds is 4. The second-order valence-electron chi connectivity index (χ2n) is 4.23. The summed E-state index contributed by atoms with van der Waals surface area (Å²) in [5.41, 5.74) is 2.35. The summed E-state index contributed by atoms with van der Waals surface area (Å²) in [7, 11) is 0. The van der Waals surface area contributed by atoms with Gasteiger partial charge < -0.3 is 4.74 Å². The molecule has 0 aliphatic heterocycles. The van der Waals surface area contributed by atoms with E-state index in [4.69, 9.17) is 27.9 Å². The van der Waals surface area contributed by atoms with Crippen LogP contribution in [0.1, 0.15) is 17.0 Å². The van der Waals surface area contributed by atoms with E-state index in [2.05, 4.69) is 23.0 Å². The second kappa shape index (κ2) is 6.22. The third-order valence-corrected chi connectivity index (χ3v) is 3.24. The zero-order chi connectivity index (χ0) is 13.8. The lowest BCUT2D eigenvalue weighted by molar-refractivity contribution is 0.316. The van der Waals surface area contributed by atoms with Gasteiger partial charge in [0.25, 0.3) is 0 Å². The molecule has 1 aromatic carbocycles. The molecular weight excluding hydrogens is 283 g/mol. The van der Waals surface area contributed by atoms with Crippen LogP contribution in [0.3, 0.4) is 0 Å². The van der Waals surface area contributed by atoms with Gasteiger partial charge >= 0.3 is 0 Å². The molecule has 0 fully saturated rings. The minimum atomic E-state index is 0.349. The first kappa shape index (κ1) is 14.1. The fourth-order valence-electron chi connectivity index (χ4n) is 1.68. The molecule has 100 valence electrons. The summed E-state index contributed by atoms with van der Waals surface area (Å²) in [6, 6.07) is 7.50. The maximum Gasteiger partial charge on any atom is 0.135 e. The van der Waals surface area contributed by atoms with Crippen LogP contribution in [0, 0.1) is 13.8 Å². The van der Waals surface area contributed by atoms with Crippen LogP contribution in [0.15, 0.2) is 24.3 Å². The highest BCUT2D eigenvalue weighted by Gasteiger charge is 2.04. The molecule has 0 unspecified atom stereocenters. The first-order valence-corrected chi connectivity index (χ1v) is 6.70. The van der Waals surface area contributed by atoms with Crippen LogP contribution in [0.4, 0.5) is 0 Å². The number of hydrogen-bond acceptors (Lipinski definition) is 3. The lowest BCUT2D eigenvalue weighted by atomic mass is 10.1. The molecule has 0 atom stereocenters. The Morgan fingerprint density at radius 3 is 2.47 bits per heavy atom. The predicted octanol–water partition coefficient (Wildman–Crippen LogP) is 4.02. The predicted molar refractivity (Wildman–Crippen MR) is 77.2 cm³/mol. The van der Waals surface area contributed by atoms with Crippen LogP contribution in [-0.4, -0.2) is 16.6 Å². The highest BCUT2D eigenvalue weighted by Crippen LogP contribution is 2.20. The quantitative estimate of drug-likeness (QED) is 0.799. The van der Waals surface area contributed by atoms with Crippen LogP contribution in [0.25, 0.3) is 0 Å². The third kappa shape index (κ3) is 3.82. The lowest BCUT2D eigenvalue weighted by Crippen LogP contribution is -2.06. The van der Waals surface area contributed by atoms with Crippen molar-refractivity contribution in [2.24, 2.45) is 0 Å². The highest BCUT2D eigenvalue weighted by atomic mass is 35.5. The normalized spacial score (nSPS) is 10.5. The molecule has 0 N–H and O–H groups in total. The molecule has 0 saturated heterocycles. The molecule has 1 heterocycles. The van der Waals surface area contributed by atoms with Crippen molar-refractivity contribution in [2.45, 2.75) is 20.3 Å². The fraction of sp³-hybridized carbons (Fsp3) is 0.286. The minimum Gasteiger partial charge on any atom is -0.493 e. The van der Waals surface area contributed by atoms with Gasteiger partial charge in [0.15, 0.2) is 0 Å². The van der Waals surface area contributed by atoms with Gasteiger partial charge in [0.2, 0.25) is 0 Å². The van der Waals surface area contributed by atoms with Crippen LogP contribution in [0.2, 0.25) is 10.3 Å². The molecule has 0 bridgehead atoms. The Balaban J connectivity index is 1.98. The third-order valence-electron chi connectivity index (χ3n) is 2.85. The monoisotopic (exact) mass is 296 g/mol. The molecule has 2 rings (SSSR count). The van der Waals surface area contributed by atoms with Crippen LogP contribution in [0.5, 0.6) is 5.75 Å². The number of benzene rings is 1. The summed E-state index contributed by atoms with van der Waals surface area (Å²) in [5.74, 6) is 1.47. The first-order chi connectivity index (χ1) is 9.06. The van der Waals surface area contributed by atoms with Crippen molar-refractivity contribution >= 4 is 23.2 Å². The van der Waals surface area contributed by atoms with E-state index in [0.29, 0.717) is 29.2 Å². The summed E-state index contributed by atoms with van der Waals surface area (Å²) in [4.78, 5) is 8.19. The average Bonchev–Trinajstić information content (AvgIpc) is 2.33. The molecule has 0 saturated carbocycles. The van der Waals surface area contributed by atoms with E-state index in [9.17, 15) is 0 Å². The van der Waals surface area contributed by atoms with Gasteiger partial charge in [0.1, 0.15) is 21.9 Å². The molecule has 5 heteroatoms. The summed E-state index contributed by atoms with van der Waals surface area (Å²) < 4.78 is 5.74. The Hall–Kier alpha value is -1.32. The Morgan fingerprint density at radius 2 is 1.79 bits per heavy atom. The SMILES string of the molecule is Cc1cccc(OCCc2nc(Cl)cc(Cl)n2)c1C. The van der Waals surface area contributed by atoms with Crippen LogP contribution in [-0.2, 0) is 6.42 Å². The van der Waals surface area contributed by atoms with Crippen LogP contribution < -0.4 is 4.74 Å². The van der Waals surface area contributed by atoms with E-state index >= 15 is 0 Å². The molecule has 0 spiro atoms. The maximum atomic E-state index is 5.82. The van der Waals surface area contributed by atoms with E-state index in [0.717, 1.165) is 11.3 Å². The van der Waals surface area contributed by atoms with E-state index in [1.54, 1.807) is 0 Å². The number of halogens is 2. The van der Waals surface area contributed by atoms with Crippen LogP contribution >= 0.6 is 23.2 Å². The fourth-order valence-corrected chi connectivity index (χ4v) is 2.14. The van der Waals surface area contributed by atoms with E-state index in [1.807, 2.05) is 19.1 Å². The first-order valence-electron chi connectivity index (χ1n) is 5.94. The van der Waals surface area contributed by atoms with Gasteiger partial charge in [-0.25, -0.2) is 9.97 Å². The molecule has 19 heavy (non-hydrogen) atoms. The number of ether oxygens (including phenoxy) is 1. The van der Waals surface area contributed by atoms with Gasteiger partial charge in [-0.3, -0.25) is 0 Å². The number of aryl methyl sites for hydroxylation is 1. The smallest absolute Gasteiger partial charge is 0.135 e. The summed E-state index contributed by atoms with van der Waals surface area (Å²) in [6.07, 6.45) is 0.563. The van der Waals surface area contributed by atoms with E-state index < -0.39 is 0 Å². The largest absolute Gasteiger partial charge is 0.493 e. The zero-order valence-corrected chi connectivity index (χ0v) is 12.3. The minimum absolute atomic E-state index is 0.349. The molecular formula is C14H14Cl2N2O. The van der Waals surface area contributed by atoms with Gasteiger partial charge in [-0.2, -0.15) is 0 Å². The standard InChI is InChI=1S/C14H14Cl2N2O/c1-9-4-3-5-11(10(9)2)19-7-6-14-17-12(15)8-13(16)18-14/h3-5,8H,6-7H2,1-2H3. The summed E-state index contributed by atoms with van der Waals surface area (Å²) in [6.45, 7) is 4.58. The maximum absolute atomic E-state index is 5.82. The molecule has 0 aliphatic rings. The number of nitrogens with zero attached hydrogens (tertiary/aromatic N) is 2. The Kier molecular flexibility index (Phi) is 4.61. The Morgan fingerprint density at radius 1 is 1.11 bits per heavy atom. The van der Waals surface area contributed by atoms with E-state index in [1.165, 1.54) is 11.6 Å². The number of aromatic nitrogens is 2. The van der Waals surface area contributed by atoms with E-state index in [-0.39, 0.29) is 0 Å². The van der Waals surface area contributed by atoms with Crippen molar-refractivity contribution in [3.63, 3.8) is 0 Å². The molecule has 0 radical (unpaired) electrons. The van der Waals surface area contributed by atoms with Gasteiger partial charge in [-0.15, -0.1) is 0 Å². The lowest BCUT2D eigenvalue weighted by Gasteiger charge is -2.10. The van der Waals surface area contributed by atoms with Gasteiger partial charge in [-0.05, 0) is 31.0 Å². The second-order valence-corrected chi connectivity index (χ2v) is 5.00. The topological polar surface area (TPSA) is 35.0 Å². The molecule has 0 aliphatic carbocycles. The van der Waals surface area contributed by atoms with Gasteiger partial charge in [-0.1, -0.05) is 35.3 Å². The zero-order valence-electron chi connectivity index (χ0n) is 10.8. The molecule has 0 amide bonds. The number of hydrogen-bond donors (Lipinski definition) is 0. The Labute approximate surface area is 122 Å². The van der Waals surface area contributed by atoms with Crippen molar-refractivity contribution < 1.29 is 4.74 Å². The van der Waals surface area contributed by atoms with Gasteiger partial charge in [0.05, 0.1) is 6.61 Å². The molecule has 2 aromatic rings.